The van der Waals surface area contributed by atoms with Crippen molar-refractivity contribution in [2.24, 2.45) is 5.92 Å². The summed E-state index contributed by atoms with van der Waals surface area (Å²) in [4.78, 5) is 27.6. The average molecular weight is 433 g/mol. The lowest BCUT2D eigenvalue weighted by Gasteiger charge is -2.13. The third-order valence-corrected chi connectivity index (χ3v) is 4.84. The summed E-state index contributed by atoms with van der Waals surface area (Å²) in [7, 11) is 0. The molecule has 0 saturated heterocycles. The van der Waals surface area contributed by atoms with Crippen molar-refractivity contribution in [1.82, 2.24) is 14.9 Å². The molecule has 0 aliphatic rings. The van der Waals surface area contributed by atoms with Gasteiger partial charge in [0.1, 0.15) is 5.82 Å². The van der Waals surface area contributed by atoms with Crippen molar-refractivity contribution in [2.75, 3.05) is 6.54 Å². The summed E-state index contributed by atoms with van der Waals surface area (Å²) in [5.41, 5.74) is 0.790. The molecule has 3 aromatic rings. The van der Waals surface area contributed by atoms with Gasteiger partial charge in [-0.2, -0.15) is 13.2 Å². The Labute approximate surface area is 176 Å². The van der Waals surface area contributed by atoms with Crippen molar-refractivity contribution in [3.63, 3.8) is 0 Å². The maximum Gasteiger partial charge on any atom is 0.416 e. The van der Waals surface area contributed by atoms with Gasteiger partial charge in [0.15, 0.2) is 0 Å². The van der Waals surface area contributed by atoms with E-state index in [1.165, 1.54) is 18.2 Å². The van der Waals surface area contributed by atoms with Crippen LogP contribution in [0.15, 0.2) is 42.5 Å². The highest BCUT2D eigenvalue weighted by molar-refractivity contribution is 5.92. The van der Waals surface area contributed by atoms with Gasteiger partial charge in [0.05, 0.1) is 22.2 Å². The van der Waals surface area contributed by atoms with Crippen LogP contribution >= 0.6 is 0 Å². The van der Waals surface area contributed by atoms with Crippen LogP contribution in [0.5, 0.6) is 0 Å². The van der Waals surface area contributed by atoms with Crippen LogP contribution < -0.4 is 5.32 Å². The van der Waals surface area contributed by atoms with E-state index in [1.54, 1.807) is 30.5 Å². The number of imidazole rings is 1. The second-order valence-corrected chi connectivity index (χ2v) is 7.52. The zero-order valence-electron chi connectivity index (χ0n) is 17.0. The molecule has 0 aliphatic carbocycles. The number of halogens is 3. The van der Waals surface area contributed by atoms with Crippen molar-refractivity contribution in [3.8, 4) is 0 Å². The molecule has 2 N–H and O–H groups in total. The van der Waals surface area contributed by atoms with E-state index in [-0.39, 0.29) is 23.9 Å². The van der Waals surface area contributed by atoms with Crippen molar-refractivity contribution < 1.29 is 27.9 Å². The largest absolute Gasteiger partial charge is 0.478 e. The molecule has 0 unspecified atom stereocenters. The molecule has 1 aromatic heterocycles. The van der Waals surface area contributed by atoms with Gasteiger partial charge in [-0.15, -0.1) is 0 Å². The minimum Gasteiger partial charge on any atom is -0.478 e. The van der Waals surface area contributed by atoms with E-state index < -0.39 is 17.7 Å². The molecule has 1 heterocycles. The van der Waals surface area contributed by atoms with Crippen LogP contribution in [0.2, 0.25) is 0 Å². The van der Waals surface area contributed by atoms with Crippen molar-refractivity contribution in [1.29, 1.82) is 0 Å². The molecule has 0 aliphatic heterocycles. The number of nitrogens with zero attached hydrogens (tertiary/aromatic N) is 2. The van der Waals surface area contributed by atoms with Crippen molar-refractivity contribution >= 4 is 22.9 Å². The number of aromatic nitrogens is 2. The molecule has 164 valence electrons. The number of benzene rings is 2. The molecule has 0 fully saturated rings. The molecule has 0 bridgehead atoms. The highest BCUT2D eigenvalue weighted by Crippen LogP contribution is 2.30. The highest BCUT2D eigenvalue weighted by Gasteiger charge is 2.30. The van der Waals surface area contributed by atoms with E-state index >= 15 is 0 Å². The zero-order chi connectivity index (χ0) is 22.8. The molecule has 2 aromatic carbocycles. The van der Waals surface area contributed by atoms with Crippen LogP contribution in [0, 0.1) is 5.92 Å². The first kappa shape index (κ1) is 22.3. The Kier molecular flexibility index (Phi) is 6.33. The number of rotatable bonds is 7. The van der Waals surface area contributed by atoms with Crippen LogP contribution in [0.25, 0.3) is 11.0 Å². The SMILES string of the molecule is CC(C)C(=O)NCCc1nc2cc(C(=O)O)ccc2n1Cc1cccc(C(F)(F)F)c1. The second-order valence-electron chi connectivity index (χ2n) is 7.52. The van der Waals surface area contributed by atoms with E-state index in [0.717, 1.165) is 12.1 Å². The van der Waals surface area contributed by atoms with Gasteiger partial charge in [0.25, 0.3) is 0 Å². The minimum atomic E-state index is -4.45. The number of carboxylic acids is 1. The van der Waals surface area contributed by atoms with Gasteiger partial charge in [0, 0.05) is 25.4 Å². The Morgan fingerprint density at radius 2 is 1.90 bits per heavy atom. The molecular formula is C22H22F3N3O3. The monoisotopic (exact) mass is 433 g/mol. The van der Waals surface area contributed by atoms with E-state index in [2.05, 4.69) is 10.3 Å². The maximum absolute atomic E-state index is 13.1. The van der Waals surface area contributed by atoms with E-state index in [9.17, 15) is 27.9 Å². The maximum atomic E-state index is 13.1. The lowest BCUT2D eigenvalue weighted by molar-refractivity contribution is -0.137. The lowest BCUT2D eigenvalue weighted by Crippen LogP contribution is -2.30. The quantitative estimate of drug-likeness (QED) is 0.587. The van der Waals surface area contributed by atoms with Crippen LogP contribution in [-0.2, 0) is 23.9 Å². The molecule has 31 heavy (non-hydrogen) atoms. The van der Waals surface area contributed by atoms with Crippen LogP contribution in [0.1, 0.15) is 41.2 Å². The standard InChI is InChI=1S/C22H22F3N3O3/c1-13(2)20(29)26-9-8-19-27-17-11-15(21(30)31)6-7-18(17)28(19)12-14-4-3-5-16(10-14)22(23,24)25/h3-7,10-11,13H,8-9,12H2,1-2H3,(H,26,29)(H,30,31). The van der Waals surface area contributed by atoms with Gasteiger partial charge < -0.3 is 15.0 Å². The van der Waals surface area contributed by atoms with E-state index in [1.807, 2.05) is 0 Å². The first-order valence-electron chi connectivity index (χ1n) is 9.72. The minimum absolute atomic E-state index is 0.0656. The Morgan fingerprint density at radius 1 is 1.16 bits per heavy atom. The molecule has 0 saturated carbocycles. The summed E-state index contributed by atoms with van der Waals surface area (Å²) in [5.74, 6) is -0.852. The summed E-state index contributed by atoms with van der Waals surface area (Å²) in [6, 6.07) is 9.49. The van der Waals surface area contributed by atoms with Gasteiger partial charge in [-0.25, -0.2) is 9.78 Å². The number of fused-ring (bicyclic) bond motifs is 1. The number of carbonyl (C=O) groups excluding carboxylic acids is 1. The van der Waals surface area contributed by atoms with Gasteiger partial charge in [-0.3, -0.25) is 4.79 Å². The second kappa shape index (κ2) is 8.79. The normalized spacial score (nSPS) is 11.8. The molecule has 3 rings (SSSR count). The third-order valence-electron chi connectivity index (χ3n) is 4.84. The molecular weight excluding hydrogens is 411 g/mol. The third kappa shape index (κ3) is 5.22. The first-order valence-corrected chi connectivity index (χ1v) is 9.72. The lowest BCUT2D eigenvalue weighted by atomic mass is 10.1. The Balaban J connectivity index is 1.97. The molecule has 1 amide bonds. The van der Waals surface area contributed by atoms with Crippen molar-refractivity contribution in [3.05, 3.63) is 65.0 Å². The predicted octanol–water partition coefficient (Wildman–Crippen LogP) is 4.12. The fraction of sp³-hybridized carbons (Fsp3) is 0.318. The van der Waals surface area contributed by atoms with Gasteiger partial charge in [0.2, 0.25) is 5.91 Å². The number of aromatic carboxylic acids is 1. The molecule has 6 nitrogen and oxygen atoms in total. The number of carboxylic acid groups (broad SMARTS) is 1. The molecule has 0 atom stereocenters. The number of hydrogen-bond donors (Lipinski definition) is 2. The summed E-state index contributed by atoms with van der Waals surface area (Å²) in [6.45, 7) is 3.96. The van der Waals surface area contributed by atoms with Crippen LogP contribution in [0.4, 0.5) is 13.2 Å². The number of amides is 1. The molecule has 0 radical (unpaired) electrons. The zero-order valence-corrected chi connectivity index (χ0v) is 17.0. The highest BCUT2D eigenvalue weighted by atomic mass is 19.4. The first-order chi connectivity index (χ1) is 14.6. The Bertz CT molecular complexity index is 1120. The van der Waals surface area contributed by atoms with Crippen molar-refractivity contribution in [2.45, 2.75) is 33.0 Å². The van der Waals surface area contributed by atoms with E-state index in [4.69, 9.17) is 0 Å². The summed E-state index contributed by atoms with van der Waals surface area (Å²) in [6.07, 6.45) is -4.11. The number of hydrogen-bond acceptors (Lipinski definition) is 3. The van der Waals surface area contributed by atoms with Gasteiger partial charge in [-0.05, 0) is 35.9 Å². The van der Waals surface area contributed by atoms with E-state index in [0.29, 0.717) is 35.4 Å². The van der Waals surface area contributed by atoms with Crippen LogP contribution in [-0.4, -0.2) is 33.1 Å². The Hall–Kier alpha value is -3.36. The predicted molar refractivity (Wildman–Crippen MR) is 109 cm³/mol. The summed E-state index contributed by atoms with van der Waals surface area (Å²) in [5, 5.41) is 12.0. The Morgan fingerprint density at radius 3 is 2.55 bits per heavy atom. The fourth-order valence-corrected chi connectivity index (χ4v) is 3.21. The topological polar surface area (TPSA) is 84.2 Å². The van der Waals surface area contributed by atoms with Crippen LogP contribution in [0.3, 0.4) is 0 Å². The molecule has 0 spiro atoms. The number of carbonyl (C=O) groups is 2. The number of nitrogens with one attached hydrogen (secondary N) is 1. The average Bonchev–Trinajstić information content (AvgIpc) is 3.04. The van der Waals surface area contributed by atoms with Gasteiger partial charge >= 0.3 is 12.1 Å². The fourth-order valence-electron chi connectivity index (χ4n) is 3.21. The van der Waals surface area contributed by atoms with Gasteiger partial charge in [-0.1, -0.05) is 26.0 Å². The smallest absolute Gasteiger partial charge is 0.416 e. The number of alkyl halides is 3. The summed E-state index contributed by atoms with van der Waals surface area (Å²) < 4.78 is 41.0. The summed E-state index contributed by atoms with van der Waals surface area (Å²) >= 11 is 0. The molecule has 9 heteroatoms.